The highest BCUT2D eigenvalue weighted by atomic mass is 16.5. The monoisotopic (exact) mass is 429 g/mol. The van der Waals surface area contributed by atoms with E-state index in [2.05, 4.69) is 15.4 Å². The Balaban J connectivity index is 1.60. The van der Waals surface area contributed by atoms with Gasteiger partial charge in [0.25, 0.3) is 5.91 Å². The lowest BCUT2D eigenvalue weighted by molar-refractivity contribution is 0.102. The van der Waals surface area contributed by atoms with Crippen LogP contribution < -0.4 is 14.8 Å². The molecule has 0 atom stereocenters. The number of rotatable bonds is 6. The first kappa shape index (κ1) is 20.0. The highest BCUT2D eigenvalue weighted by Crippen LogP contribution is 2.41. The number of nitrogens with zero attached hydrogens (tertiary/aromatic N) is 4. The molecule has 0 unspecified atom stereocenters. The molecule has 1 aliphatic rings. The zero-order valence-electron chi connectivity index (χ0n) is 18.1. The lowest BCUT2D eigenvalue weighted by Crippen LogP contribution is -2.14. The molecule has 162 valence electrons. The molecular weight excluding hydrogens is 406 g/mol. The number of pyridine rings is 2. The normalized spacial score (nSPS) is 13.2. The fraction of sp³-hybridized carbons (Fsp3) is 0.250. The highest BCUT2D eigenvalue weighted by molar-refractivity contribution is 6.13. The largest absolute Gasteiger partial charge is 0.493 e. The SMILES string of the molecule is COc1ccc(NC(=O)c2cc(C3CC3)nc3c2c(C)nn3-c2ccccn2)cc1OC. The van der Waals surface area contributed by atoms with Crippen molar-refractivity contribution in [2.75, 3.05) is 19.5 Å². The summed E-state index contributed by atoms with van der Waals surface area (Å²) in [6, 6.07) is 12.8. The van der Waals surface area contributed by atoms with Gasteiger partial charge in [0, 0.05) is 29.6 Å². The summed E-state index contributed by atoms with van der Waals surface area (Å²) in [4.78, 5) is 22.7. The van der Waals surface area contributed by atoms with Crippen molar-refractivity contribution >= 4 is 22.6 Å². The van der Waals surface area contributed by atoms with Crippen LogP contribution in [0.15, 0.2) is 48.7 Å². The van der Waals surface area contributed by atoms with Crippen LogP contribution in [0.2, 0.25) is 0 Å². The maximum atomic E-state index is 13.4. The Morgan fingerprint density at radius 1 is 1.09 bits per heavy atom. The first-order valence-corrected chi connectivity index (χ1v) is 10.4. The lowest BCUT2D eigenvalue weighted by atomic mass is 10.1. The van der Waals surface area contributed by atoms with Gasteiger partial charge >= 0.3 is 0 Å². The Bertz CT molecular complexity index is 1310. The number of hydrogen-bond donors (Lipinski definition) is 1. The Kier molecular flexibility index (Phi) is 4.97. The van der Waals surface area contributed by atoms with E-state index in [0.717, 1.165) is 29.6 Å². The molecule has 0 spiro atoms. The van der Waals surface area contributed by atoms with E-state index >= 15 is 0 Å². The molecule has 0 aliphatic heterocycles. The van der Waals surface area contributed by atoms with Crippen molar-refractivity contribution in [3.63, 3.8) is 0 Å². The summed E-state index contributed by atoms with van der Waals surface area (Å²) in [6.07, 6.45) is 3.87. The molecule has 0 bridgehead atoms. The number of hydrogen-bond acceptors (Lipinski definition) is 6. The Morgan fingerprint density at radius 3 is 2.59 bits per heavy atom. The average molecular weight is 429 g/mol. The van der Waals surface area contributed by atoms with E-state index < -0.39 is 0 Å². The number of aryl methyl sites for hydroxylation is 1. The Morgan fingerprint density at radius 2 is 1.91 bits per heavy atom. The maximum Gasteiger partial charge on any atom is 0.256 e. The van der Waals surface area contributed by atoms with Crippen LogP contribution >= 0.6 is 0 Å². The van der Waals surface area contributed by atoms with E-state index in [1.807, 2.05) is 31.2 Å². The Hall–Kier alpha value is -3.94. The molecule has 8 heteroatoms. The molecule has 0 radical (unpaired) electrons. The molecule has 3 heterocycles. The summed E-state index contributed by atoms with van der Waals surface area (Å²) in [5, 5.41) is 8.36. The maximum absolute atomic E-state index is 13.4. The third-order valence-electron chi connectivity index (χ3n) is 5.58. The van der Waals surface area contributed by atoms with Crippen molar-refractivity contribution in [3.8, 4) is 17.3 Å². The summed E-state index contributed by atoms with van der Waals surface area (Å²) in [5.41, 5.74) is 3.43. The van der Waals surface area contributed by atoms with Crippen LogP contribution in [0, 0.1) is 6.92 Å². The minimum atomic E-state index is -0.227. The second-order valence-corrected chi connectivity index (χ2v) is 7.78. The number of nitrogens with one attached hydrogen (secondary N) is 1. The number of aromatic nitrogens is 4. The molecule has 1 N–H and O–H groups in total. The van der Waals surface area contributed by atoms with E-state index in [1.165, 1.54) is 0 Å². The highest BCUT2D eigenvalue weighted by Gasteiger charge is 2.29. The zero-order chi connectivity index (χ0) is 22.2. The van der Waals surface area contributed by atoms with E-state index in [-0.39, 0.29) is 5.91 Å². The molecule has 8 nitrogen and oxygen atoms in total. The topological polar surface area (TPSA) is 91.2 Å². The van der Waals surface area contributed by atoms with Crippen LogP contribution in [0.1, 0.15) is 40.5 Å². The van der Waals surface area contributed by atoms with Gasteiger partial charge in [-0.2, -0.15) is 9.78 Å². The number of carbonyl (C=O) groups excluding carboxylic acids is 1. The van der Waals surface area contributed by atoms with Crippen molar-refractivity contribution in [2.45, 2.75) is 25.7 Å². The number of benzene rings is 1. The third-order valence-corrected chi connectivity index (χ3v) is 5.58. The lowest BCUT2D eigenvalue weighted by Gasteiger charge is -2.12. The molecule has 1 fully saturated rings. The minimum Gasteiger partial charge on any atom is -0.493 e. The Labute approximate surface area is 185 Å². The van der Waals surface area contributed by atoms with E-state index in [9.17, 15) is 4.79 Å². The van der Waals surface area contributed by atoms with Gasteiger partial charge in [-0.3, -0.25) is 4.79 Å². The number of fused-ring (bicyclic) bond motifs is 1. The van der Waals surface area contributed by atoms with E-state index in [1.54, 1.807) is 43.3 Å². The average Bonchev–Trinajstić information content (AvgIpc) is 3.62. The van der Waals surface area contributed by atoms with Crippen LogP contribution in [-0.4, -0.2) is 39.9 Å². The smallest absolute Gasteiger partial charge is 0.256 e. The number of anilines is 1. The van der Waals surface area contributed by atoms with Gasteiger partial charge in [-0.05, 0) is 50.1 Å². The van der Waals surface area contributed by atoms with Crippen molar-refractivity contribution in [3.05, 3.63) is 65.6 Å². The first-order chi connectivity index (χ1) is 15.6. The zero-order valence-corrected chi connectivity index (χ0v) is 18.1. The molecule has 5 rings (SSSR count). The van der Waals surface area contributed by atoms with E-state index in [0.29, 0.717) is 40.1 Å². The van der Waals surface area contributed by atoms with Gasteiger partial charge in [0.1, 0.15) is 0 Å². The standard InChI is InChI=1S/C24H23N5O3/c1-14-22-17(24(30)26-16-9-10-19(31-2)20(12-16)32-3)13-18(15-7-8-15)27-23(22)29(28-14)21-6-4-5-11-25-21/h4-6,9-13,15H,7-8H2,1-3H3,(H,26,30). The third kappa shape index (κ3) is 3.53. The molecule has 1 amide bonds. The summed E-state index contributed by atoms with van der Waals surface area (Å²) >= 11 is 0. The summed E-state index contributed by atoms with van der Waals surface area (Å²) in [6.45, 7) is 1.88. The summed E-state index contributed by atoms with van der Waals surface area (Å²) in [5.74, 6) is 1.95. The predicted octanol–water partition coefficient (Wildman–Crippen LogP) is 4.27. The number of amides is 1. The number of ether oxygens (including phenoxy) is 2. The predicted molar refractivity (Wildman–Crippen MR) is 121 cm³/mol. The molecule has 1 saturated carbocycles. The molecule has 3 aromatic heterocycles. The van der Waals surface area contributed by atoms with Crippen molar-refractivity contribution < 1.29 is 14.3 Å². The van der Waals surface area contributed by atoms with Gasteiger partial charge in [0.15, 0.2) is 23.0 Å². The van der Waals surface area contributed by atoms with Gasteiger partial charge in [-0.15, -0.1) is 0 Å². The molecule has 1 aliphatic carbocycles. The van der Waals surface area contributed by atoms with Crippen LogP contribution in [-0.2, 0) is 0 Å². The summed E-state index contributed by atoms with van der Waals surface area (Å²) < 4.78 is 12.4. The van der Waals surface area contributed by atoms with Crippen LogP contribution in [0.5, 0.6) is 11.5 Å². The molecule has 4 aromatic rings. The molecule has 1 aromatic carbocycles. The first-order valence-electron chi connectivity index (χ1n) is 10.4. The quantitative estimate of drug-likeness (QED) is 0.492. The molecular formula is C24H23N5O3. The fourth-order valence-electron chi connectivity index (χ4n) is 3.83. The molecule has 0 saturated heterocycles. The van der Waals surface area contributed by atoms with Gasteiger partial charge in [-0.25, -0.2) is 9.97 Å². The van der Waals surface area contributed by atoms with Crippen LogP contribution in [0.3, 0.4) is 0 Å². The van der Waals surface area contributed by atoms with Gasteiger partial charge < -0.3 is 14.8 Å². The second-order valence-electron chi connectivity index (χ2n) is 7.78. The van der Waals surface area contributed by atoms with Crippen LogP contribution in [0.4, 0.5) is 5.69 Å². The summed E-state index contributed by atoms with van der Waals surface area (Å²) in [7, 11) is 3.14. The number of carbonyl (C=O) groups is 1. The second kappa shape index (κ2) is 7.96. The van der Waals surface area contributed by atoms with Gasteiger partial charge in [-0.1, -0.05) is 6.07 Å². The van der Waals surface area contributed by atoms with Crippen molar-refractivity contribution in [1.82, 2.24) is 19.7 Å². The van der Waals surface area contributed by atoms with E-state index in [4.69, 9.17) is 14.5 Å². The fourth-order valence-corrected chi connectivity index (χ4v) is 3.83. The molecule has 32 heavy (non-hydrogen) atoms. The van der Waals surface area contributed by atoms with Crippen molar-refractivity contribution in [1.29, 1.82) is 0 Å². The minimum absolute atomic E-state index is 0.227. The van der Waals surface area contributed by atoms with Gasteiger partial charge in [0.05, 0.1) is 30.9 Å². The number of methoxy groups -OCH3 is 2. The van der Waals surface area contributed by atoms with Crippen LogP contribution in [0.25, 0.3) is 16.9 Å². The van der Waals surface area contributed by atoms with Gasteiger partial charge in [0.2, 0.25) is 0 Å². The van der Waals surface area contributed by atoms with Crippen molar-refractivity contribution in [2.24, 2.45) is 0 Å².